The van der Waals surface area contributed by atoms with E-state index in [1.807, 2.05) is 25.1 Å². The molecule has 0 aliphatic rings. The molecular formula is C16H19ClO3. The van der Waals surface area contributed by atoms with E-state index in [2.05, 4.69) is 0 Å². The van der Waals surface area contributed by atoms with E-state index < -0.39 is 5.97 Å². The molecule has 20 heavy (non-hydrogen) atoms. The van der Waals surface area contributed by atoms with Crippen molar-refractivity contribution in [2.24, 2.45) is 0 Å². The lowest BCUT2D eigenvalue weighted by Gasteiger charge is -2.03. The van der Waals surface area contributed by atoms with Crippen LogP contribution in [0.5, 0.6) is 0 Å². The summed E-state index contributed by atoms with van der Waals surface area (Å²) in [6.07, 6.45) is 6.64. The third-order valence-electron chi connectivity index (χ3n) is 2.57. The zero-order valence-electron chi connectivity index (χ0n) is 11.8. The second kappa shape index (κ2) is 9.21. The number of rotatable bonds is 7. The van der Waals surface area contributed by atoms with Crippen LogP contribution in [0.15, 0.2) is 42.2 Å². The first-order chi connectivity index (χ1) is 9.67. The van der Waals surface area contributed by atoms with E-state index >= 15 is 0 Å². The summed E-state index contributed by atoms with van der Waals surface area (Å²) >= 11 is 6.04. The molecular weight excluding hydrogens is 276 g/mol. The fourth-order valence-corrected chi connectivity index (χ4v) is 1.63. The Hall–Kier alpha value is -1.74. The largest absolute Gasteiger partial charge is 0.496 e. The maximum absolute atomic E-state index is 11.5. The molecule has 0 spiro atoms. The van der Waals surface area contributed by atoms with Crippen molar-refractivity contribution in [3.05, 3.63) is 52.8 Å². The number of carbonyl (C=O) groups is 1. The minimum Gasteiger partial charge on any atom is -0.496 e. The Morgan fingerprint density at radius 2 is 2.10 bits per heavy atom. The first kappa shape index (κ1) is 16.3. The summed E-state index contributed by atoms with van der Waals surface area (Å²) in [5.41, 5.74) is 0.858. The minimum absolute atomic E-state index is 0.404. The molecule has 0 atom stereocenters. The van der Waals surface area contributed by atoms with E-state index in [-0.39, 0.29) is 0 Å². The van der Waals surface area contributed by atoms with Crippen molar-refractivity contribution in [1.82, 2.24) is 0 Å². The number of hydrogen-bond acceptors (Lipinski definition) is 3. The summed E-state index contributed by atoms with van der Waals surface area (Å²) in [5, 5.41) is 0.643. The fourth-order valence-electron chi connectivity index (χ4n) is 1.43. The second-order valence-electron chi connectivity index (χ2n) is 4.13. The van der Waals surface area contributed by atoms with Crippen molar-refractivity contribution in [3.8, 4) is 0 Å². The Morgan fingerprint density at radius 1 is 1.35 bits per heavy atom. The predicted molar refractivity (Wildman–Crippen MR) is 81.4 cm³/mol. The van der Waals surface area contributed by atoms with Crippen molar-refractivity contribution in [1.29, 1.82) is 0 Å². The zero-order valence-corrected chi connectivity index (χ0v) is 12.5. The standard InChI is InChI=1S/C16H19ClO3/c1-3-4-11-20-16(18)12-14(19-2)10-9-13-7-5-6-8-15(13)17/h5-10,12H,3-4,11H2,1-2H3/b10-9+,14-12+. The zero-order chi connectivity index (χ0) is 14.8. The number of ether oxygens (including phenoxy) is 2. The van der Waals surface area contributed by atoms with Gasteiger partial charge in [0.25, 0.3) is 0 Å². The molecule has 108 valence electrons. The van der Waals surface area contributed by atoms with Crippen LogP contribution >= 0.6 is 11.6 Å². The number of benzene rings is 1. The van der Waals surface area contributed by atoms with Crippen molar-refractivity contribution < 1.29 is 14.3 Å². The first-order valence-electron chi connectivity index (χ1n) is 6.52. The Labute approximate surface area is 124 Å². The van der Waals surface area contributed by atoms with Crippen LogP contribution in [-0.2, 0) is 14.3 Å². The fraction of sp³-hybridized carbons (Fsp3) is 0.312. The van der Waals surface area contributed by atoms with Gasteiger partial charge in [-0.1, -0.05) is 43.1 Å². The molecule has 0 aliphatic carbocycles. The summed E-state index contributed by atoms with van der Waals surface area (Å²) in [5.74, 6) is 0.0190. The lowest BCUT2D eigenvalue weighted by molar-refractivity contribution is -0.138. The van der Waals surface area contributed by atoms with Crippen LogP contribution in [-0.4, -0.2) is 19.7 Å². The molecule has 0 aromatic heterocycles. The van der Waals surface area contributed by atoms with Gasteiger partial charge < -0.3 is 9.47 Å². The molecule has 0 saturated carbocycles. The van der Waals surface area contributed by atoms with E-state index in [9.17, 15) is 4.79 Å². The molecule has 0 N–H and O–H groups in total. The van der Waals surface area contributed by atoms with E-state index in [1.165, 1.54) is 13.2 Å². The van der Waals surface area contributed by atoms with E-state index in [0.29, 0.717) is 17.4 Å². The number of methoxy groups -OCH3 is 1. The number of allylic oxidation sites excluding steroid dienone is 1. The third kappa shape index (κ3) is 5.93. The Balaban J connectivity index is 2.66. The molecule has 1 rings (SSSR count). The SMILES string of the molecule is CCCCOC(=O)/C=C(\C=C\c1ccccc1Cl)OC. The predicted octanol–water partition coefficient (Wildman–Crippen LogP) is 4.23. The van der Waals surface area contributed by atoms with Gasteiger partial charge in [-0.15, -0.1) is 0 Å². The number of unbranched alkanes of at least 4 members (excludes halogenated alkanes) is 1. The van der Waals surface area contributed by atoms with Crippen molar-refractivity contribution in [2.45, 2.75) is 19.8 Å². The topological polar surface area (TPSA) is 35.5 Å². The lowest BCUT2D eigenvalue weighted by Crippen LogP contribution is -2.03. The van der Waals surface area contributed by atoms with Crippen LogP contribution < -0.4 is 0 Å². The Kier molecular flexibility index (Phi) is 7.51. The van der Waals surface area contributed by atoms with Gasteiger partial charge in [0.15, 0.2) is 0 Å². The lowest BCUT2D eigenvalue weighted by atomic mass is 10.2. The van der Waals surface area contributed by atoms with Gasteiger partial charge in [-0.05, 0) is 30.2 Å². The highest BCUT2D eigenvalue weighted by Crippen LogP contribution is 2.17. The molecule has 4 heteroatoms. The maximum Gasteiger partial charge on any atom is 0.334 e. The van der Waals surface area contributed by atoms with Crippen molar-refractivity contribution >= 4 is 23.6 Å². The smallest absolute Gasteiger partial charge is 0.334 e. The minimum atomic E-state index is -0.404. The molecule has 3 nitrogen and oxygen atoms in total. The maximum atomic E-state index is 11.5. The van der Waals surface area contributed by atoms with Crippen LogP contribution in [0.2, 0.25) is 5.02 Å². The molecule has 1 aromatic carbocycles. The number of halogens is 1. The van der Waals surface area contributed by atoms with Gasteiger partial charge in [-0.25, -0.2) is 4.79 Å². The molecule has 0 radical (unpaired) electrons. The van der Waals surface area contributed by atoms with E-state index in [4.69, 9.17) is 21.1 Å². The van der Waals surface area contributed by atoms with Gasteiger partial charge in [-0.2, -0.15) is 0 Å². The van der Waals surface area contributed by atoms with Crippen LogP contribution in [0.4, 0.5) is 0 Å². The van der Waals surface area contributed by atoms with Crippen LogP contribution in [0.3, 0.4) is 0 Å². The van der Waals surface area contributed by atoms with Gasteiger partial charge in [-0.3, -0.25) is 0 Å². The normalized spacial score (nSPS) is 11.7. The van der Waals surface area contributed by atoms with Crippen molar-refractivity contribution in [3.63, 3.8) is 0 Å². The van der Waals surface area contributed by atoms with Crippen LogP contribution in [0.25, 0.3) is 6.08 Å². The third-order valence-corrected chi connectivity index (χ3v) is 2.91. The first-order valence-corrected chi connectivity index (χ1v) is 6.90. The van der Waals surface area contributed by atoms with E-state index in [1.54, 1.807) is 18.2 Å². The van der Waals surface area contributed by atoms with Gasteiger partial charge >= 0.3 is 5.97 Å². The highest BCUT2D eigenvalue weighted by molar-refractivity contribution is 6.32. The van der Waals surface area contributed by atoms with Gasteiger partial charge in [0.2, 0.25) is 0 Å². The Bertz CT molecular complexity index is 492. The van der Waals surface area contributed by atoms with Crippen molar-refractivity contribution in [2.75, 3.05) is 13.7 Å². The quantitative estimate of drug-likeness (QED) is 0.248. The van der Waals surface area contributed by atoms with E-state index in [0.717, 1.165) is 18.4 Å². The summed E-state index contributed by atoms with van der Waals surface area (Å²) in [6.45, 7) is 2.47. The molecule has 1 aromatic rings. The van der Waals surface area contributed by atoms with Gasteiger partial charge in [0.1, 0.15) is 5.76 Å². The van der Waals surface area contributed by atoms with Gasteiger partial charge in [0.05, 0.1) is 19.8 Å². The molecule has 0 amide bonds. The molecule has 0 heterocycles. The Morgan fingerprint density at radius 3 is 2.75 bits per heavy atom. The molecule has 0 aliphatic heterocycles. The molecule has 0 saturated heterocycles. The highest BCUT2D eigenvalue weighted by Gasteiger charge is 2.01. The molecule has 0 unspecified atom stereocenters. The number of hydrogen-bond donors (Lipinski definition) is 0. The average Bonchev–Trinajstić information content (AvgIpc) is 2.45. The molecule has 0 fully saturated rings. The summed E-state index contributed by atoms with van der Waals surface area (Å²) in [4.78, 5) is 11.5. The summed E-state index contributed by atoms with van der Waals surface area (Å²) in [7, 11) is 1.50. The van der Waals surface area contributed by atoms with Crippen LogP contribution in [0, 0.1) is 0 Å². The highest BCUT2D eigenvalue weighted by atomic mass is 35.5. The second-order valence-corrected chi connectivity index (χ2v) is 4.53. The summed E-state index contributed by atoms with van der Waals surface area (Å²) in [6, 6.07) is 7.43. The van der Waals surface area contributed by atoms with Gasteiger partial charge in [0, 0.05) is 5.02 Å². The van der Waals surface area contributed by atoms with Crippen LogP contribution in [0.1, 0.15) is 25.3 Å². The monoisotopic (exact) mass is 294 g/mol. The number of esters is 1. The summed E-state index contributed by atoms with van der Waals surface area (Å²) < 4.78 is 10.2. The molecule has 0 bridgehead atoms. The number of carbonyl (C=O) groups excluding carboxylic acids is 1. The average molecular weight is 295 g/mol.